The minimum absolute atomic E-state index is 0.181. The number of nitrogens with zero attached hydrogens (tertiary/aromatic N) is 2. The summed E-state index contributed by atoms with van der Waals surface area (Å²) in [4.78, 5) is 32.6. The van der Waals surface area contributed by atoms with E-state index in [0.717, 1.165) is 6.42 Å². The summed E-state index contributed by atoms with van der Waals surface area (Å²) in [6.45, 7) is 2.83. The second-order valence-corrected chi connectivity index (χ2v) is 6.08. The van der Waals surface area contributed by atoms with Crippen LogP contribution in [0, 0.1) is 0 Å². The molecule has 6 nitrogen and oxygen atoms in total. The molecule has 2 heterocycles. The standard InChI is InChI=1S/C16H19N3O3/c1-16(22)7-4-9-19(10-8-16)14(20)13-11-5-2-3-6-12(11)17-15(21)18-13/h2-3,5-6,22H,4,7-10H2,1H3,(H,17,18,21)/t16-/m1/s1. The molecule has 0 unspecified atom stereocenters. The Morgan fingerprint density at radius 3 is 2.91 bits per heavy atom. The fourth-order valence-corrected chi connectivity index (χ4v) is 2.88. The summed E-state index contributed by atoms with van der Waals surface area (Å²) in [5.74, 6) is -0.250. The third-order valence-electron chi connectivity index (χ3n) is 4.19. The SMILES string of the molecule is C[C@@]1(O)CCCN(C(=O)c2nc(=O)[nH]c3ccccc23)CC1. The van der Waals surface area contributed by atoms with E-state index in [2.05, 4.69) is 9.97 Å². The Balaban J connectivity index is 1.97. The molecule has 0 radical (unpaired) electrons. The maximum Gasteiger partial charge on any atom is 0.346 e. The summed E-state index contributed by atoms with van der Waals surface area (Å²) >= 11 is 0. The minimum atomic E-state index is -0.737. The van der Waals surface area contributed by atoms with Gasteiger partial charge >= 0.3 is 5.69 Å². The van der Waals surface area contributed by atoms with E-state index in [-0.39, 0.29) is 11.6 Å². The first kappa shape index (κ1) is 14.7. The molecular weight excluding hydrogens is 282 g/mol. The zero-order valence-electron chi connectivity index (χ0n) is 12.5. The number of carbonyl (C=O) groups is 1. The van der Waals surface area contributed by atoms with Gasteiger partial charge in [0.1, 0.15) is 5.69 Å². The van der Waals surface area contributed by atoms with Gasteiger partial charge in [0.2, 0.25) is 0 Å². The topological polar surface area (TPSA) is 86.3 Å². The van der Waals surface area contributed by atoms with E-state index in [9.17, 15) is 14.7 Å². The van der Waals surface area contributed by atoms with Crippen LogP contribution in [0.2, 0.25) is 0 Å². The van der Waals surface area contributed by atoms with E-state index >= 15 is 0 Å². The van der Waals surface area contributed by atoms with E-state index in [1.807, 2.05) is 6.07 Å². The third-order valence-corrected chi connectivity index (χ3v) is 4.19. The molecule has 1 fully saturated rings. The number of likely N-dealkylation sites (tertiary alicyclic amines) is 1. The summed E-state index contributed by atoms with van der Waals surface area (Å²) in [5, 5.41) is 10.8. The summed E-state index contributed by atoms with van der Waals surface area (Å²) in [7, 11) is 0. The predicted molar refractivity (Wildman–Crippen MR) is 82.7 cm³/mol. The van der Waals surface area contributed by atoms with E-state index in [1.165, 1.54) is 0 Å². The number of hydrogen-bond acceptors (Lipinski definition) is 4. The number of para-hydroxylation sites is 1. The van der Waals surface area contributed by atoms with E-state index < -0.39 is 11.3 Å². The monoisotopic (exact) mass is 301 g/mol. The van der Waals surface area contributed by atoms with E-state index in [0.29, 0.717) is 36.8 Å². The van der Waals surface area contributed by atoms with Crippen LogP contribution in [0.25, 0.3) is 10.9 Å². The summed E-state index contributed by atoms with van der Waals surface area (Å²) < 4.78 is 0. The van der Waals surface area contributed by atoms with Gasteiger partial charge in [0, 0.05) is 18.5 Å². The molecule has 0 spiro atoms. The molecule has 1 saturated heterocycles. The Morgan fingerprint density at radius 1 is 1.32 bits per heavy atom. The molecule has 6 heteroatoms. The molecular formula is C16H19N3O3. The van der Waals surface area contributed by atoms with Crippen molar-refractivity contribution in [2.75, 3.05) is 13.1 Å². The number of nitrogens with one attached hydrogen (secondary N) is 1. The highest BCUT2D eigenvalue weighted by atomic mass is 16.3. The first-order chi connectivity index (χ1) is 10.5. The maximum absolute atomic E-state index is 12.8. The zero-order chi connectivity index (χ0) is 15.7. The Labute approximate surface area is 127 Å². The number of hydrogen-bond donors (Lipinski definition) is 2. The van der Waals surface area contributed by atoms with Crippen LogP contribution in [0.4, 0.5) is 0 Å². The number of fused-ring (bicyclic) bond motifs is 1. The molecule has 3 rings (SSSR count). The van der Waals surface area contributed by atoms with Crippen LogP contribution < -0.4 is 5.69 Å². The van der Waals surface area contributed by atoms with Crippen molar-refractivity contribution in [1.82, 2.24) is 14.9 Å². The molecule has 2 aromatic rings. The number of H-pyrrole nitrogens is 1. The van der Waals surface area contributed by atoms with Crippen molar-refractivity contribution >= 4 is 16.8 Å². The number of carbonyl (C=O) groups excluding carboxylic acids is 1. The van der Waals surface area contributed by atoms with Crippen LogP contribution in [-0.4, -0.2) is 44.6 Å². The Morgan fingerprint density at radius 2 is 2.09 bits per heavy atom. The number of amides is 1. The van der Waals surface area contributed by atoms with E-state index in [1.54, 1.807) is 30.0 Å². The highest BCUT2D eigenvalue weighted by Crippen LogP contribution is 2.23. The van der Waals surface area contributed by atoms with Crippen LogP contribution >= 0.6 is 0 Å². The van der Waals surface area contributed by atoms with Gasteiger partial charge in [-0.1, -0.05) is 18.2 Å². The first-order valence-electron chi connectivity index (χ1n) is 7.47. The number of aliphatic hydroxyl groups is 1. The molecule has 1 aliphatic heterocycles. The molecule has 2 N–H and O–H groups in total. The predicted octanol–water partition coefficient (Wildman–Crippen LogP) is 1.30. The van der Waals surface area contributed by atoms with Crippen molar-refractivity contribution in [2.45, 2.75) is 31.8 Å². The van der Waals surface area contributed by atoms with Crippen molar-refractivity contribution in [3.8, 4) is 0 Å². The Kier molecular flexibility index (Phi) is 3.70. The van der Waals surface area contributed by atoms with Crippen molar-refractivity contribution in [2.24, 2.45) is 0 Å². The lowest BCUT2D eigenvalue weighted by atomic mass is 9.98. The molecule has 0 bridgehead atoms. The quantitative estimate of drug-likeness (QED) is 0.831. The molecule has 22 heavy (non-hydrogen) atoms. The molecule has 1 atom stereocenters. The van der Waals surface area contributed by atoms with Gasteiger partial charge in [-0.3, -0.25) is 4.79 Å². The highest BCUT2D eigenvalue weighted by molar-refractivity contribution is 6.04. The lowest BCUT2D eigenvalue weighted by molar-refractivity contribution is 0.0437. The normalized spacial score (nSPS) is 22.5. The fourth-order valence-electron chi connectivity index (χ4n) is 2.88. The van der Waals surface area contributed by atoms with Crippen LogP contribution in [0.5, 0.6) is 0 Å². The summed E-state index contributed by atoms with van der Waals surface area (Å²) in [6, 6.07) is 7.14. The number of benzene rings is 1. The second-order valence-electron chi connectivity index (χ2n) is 6.08. The van der Waals surface area contributed by atoms with Crippen LogP contribution in [0.15, 0.2) is 29.1 Å². The van der Waals surface area contributed by atoms with Crippen molar-refractivity contribution in [3.63, 3.8) is 0 Å². The number of rotatable bonds is 1. The summed E-state index contributed by atoms with van der Waals surface area (Å²) in [6.07, 6.45) is 1.93. The van der Waals surface area contributed by atoms with Gasteiger partial charge in [0.05, 0.1) is 11.1 Å². The lowest BCUT2D eigenvalue weighted by Crippen LogP contribution is -2.35. The largest absolute Gasteiger partial charge is 0.390 e. The number of aromatic nitrogens is 2. The maximum atomic E-state index is 12.8. The van der Waals surface area contributed by atoms with Gasteiger partial charge in [0.25, 0.3) is 5.91 Å². The Bertz CT molecular complexity index is 767. The van der Waals surface area contributed by atoms with Gasteiger partial charge in [0.15, 0.2) is 0 Å². The third kappa shape index (κ3) is 2.87. The molecule has 1 aromatic heterocycles. The minimum Gasteiger partial charge on any atom is -0.390 e. The molecule has 1 aliphatic rings. The first-order valence-corrected chi connectivity index (χ1v) is 7.47. The van der Waals surface area contributed by atoms with Gasteiger partial charge in [-0.05, 0) is 32.3 Å². The van der Waals surface area contributed by atoms with Gasteiger partial charge in [-0.2, -0.15) is 4.98 Å². The molecule has 0 saturated carbocycles. The van der Waals surface area contributed by atoms with Crippen molar-refractivity contribution in [1.29, 1.82) is 0 Å². The van der Waals surface area contributed by atoms with Crippen LogP contribution in [0.1, 0.15) is 36.7 Å². The van der Waals surface area contributed by atoms with Crippen LogP contribution in [-0.2, 0) is 0 Å². The average Bonchev–Trinajstić information content (AvgIpc) is 2.66. The molecule has 1 amide bonds. The molecule has 1 aromatic carbocycles. The molecule has 116 valence electrons. The number of aromatic amines is 1. The van der Waals surface area contributed by atoms with Crippen LogP contribution in [0.3, 0.4) is 0 Å². The van der Waals surface area contributed by atoms with Crippen molar-refractivity contribution in [3.05, 3.63) is 40.4 Å². The second kappa shape index (κ2) is 5.53. The highest BCUT2D eigenvalue weighted by Gasteiger charge is 2.28. The summed E-state index contributed by atoms with van der Waals surface area (Å²) in [5.41, 5.74) is -0.476. The van der Waals surface area contributed by atoms with Gasteiger partial charge in [-0.15, -0.1) is 0 Å². The van der Waals surface area contributed by atoms with Gasteiger partial charge < -0.3 is 15.0 Å². The zero-order valence-corrected chi connectivity index (χ0v) is 12.5. The fraction of sp³-hybridized carbons (Fsp3) is 0.438. The average molecular weight is 301 g/mol. The van der Waals surface area contributed by atoms with Gasteiger partial charge in [-0.25, -0.2) is 4.79 Å². The molecule has 0 aliphatic carbocycles. The lowest BCUT2D eigenvalue weighted by Gasteiger charge is -2.22. The van der Waals surface area contributed by atoms with Crippen molar-refractivity contribution < 1.29 is 9.90 Å². The smallest absolute Gasteiger partial charge is 0.346 e. The van der Waals surface area contributed by atoms with E-state index in [4.69, 9.17) is 0 Å². The Hall–Kier alpha value is -2.21.